The van der Waals surface area contributed by atoms with E-state index in [0.717, 1.165) is 11.1 Å². The Kier molecular flexibility index (Phi) is 9.99. The molecular formula is C18H22NNaO5S. The van der Waals surface area contributed by atoms with Crippen LogP contribution in [0.4, 0.5) is 0 Å². The Hall–Kier alpha value is -0.770. The van der Waals surface area contributed by atoms with Gasteiger partial charge in [0.05, 0.1) is 41.2 Å². The van der Waals surface area contributed by atoms with E-state index in [0.29, 0.717) is 0 Å². The molecule has 0 spiro atoms. The van der Waals surface area contributed by atoms with Crippen LogP contribution in [-0.2, 0) is 10.1 Å². The van der Waals surface area contributed by atoms with Crippen molar-refractivity contribution in [2.45, 2.75) is 12.1 Å². The summed E-state index contributed by atoms with van der Waals surface area (Å²) in [7, 11) is -4.42. The van der Waals surface area contributed by atoms with Gasteiger partial charge in [-0.1, -0.05) is 60.7 Å². The first-order chi connectivity index (χ1) is 12.0. The number of nitrogens with zero attached hydrogens (tertiary/aromatic N) is 1. The third-order valence-electron chi connectivity index (χ3n) is 4.11. The molecule has 0 heterocycles. The Balaban J connectivity index is 0.00000338. The number of hydrogen-bond acceptors (Lipinski definition) is 6. The predicted octanol–water partition coefficient (Wildman–Crippen LogP) is -1.70. The van der Waals surface area contributed by atoms with E-state index in [1.54, 1.807) is 4.90 Å². The van der Waals surface area contributed by atoms with Crippen molar-refractivity contribution in [2.75, 3.05) is 25.5 Å². The molecular weight excluding hydrogens is 365 g/mol. The molecule has 2 aromatic carbocycles. The van der Waals surface area contributed by atoms with Gasteiger partial charge >= 0.3 is 29.6 Å². The van der Waals surface area contributed by atoms with Gasteiger partial charge in [0, 0.05) is 6.54 Å². The minimum atomic E-state index is -4.42. The van der Waals surface area contributed by atoms with Gasteiger partial charge in [-0.15, -0.1) is 0 Å². The molecule has 2 N–H and O–H groups in total. The number of hydrogen-bond donors (Lipinski definition) is 2. The molecule has 8 heteroatoms. The van der Waals surface area contributed by atoms with Gasteiger partial charge in [0.2, 0.25) is 0 Å². The average Bonchev–Trinajstić information content (AvgIpc) is 2.61. The van der Waals surface area contributed by atoms with E-state index in [1.807, 2.05) is 60.7 Å². The van der Waals surface area contributed by atoms with Crippen LogP contribution in [0.2, 0.25) is 0 Å². The van der Waals surface area contributed by atoms with Crippen molar-refractivity contribution in [3.63, 3.8) is 0 Å². The van der Waals surface area contributed by atoms with Crippen molar-refractivity contribution in [1.82, 2.24) is 4.90 Å². The van der Waals surface area contributed by atoms with Gasteiger partial charge in [-0.05, 0) is 11.1 Å². The van der Waals surface area contributed by atoms with E-state index in [2.05, 4.69) is 0 Å². The molecule has 0 radical (unpaired) electrons. The molecule has 0 saturated heterocycles. The zero-order valence-corrected chi connectivity index (χ0v) is 17.5. The third-order valence-corrected chi connectivity index (χ3v) is 4.80. The van der Waals surface area contributed by atoms with Crippen molar-refractivity contribution >= 4 is 10.1 Å². The molecule has 136 valence electrons. The molecule has 2 rings (SSSR count). The fraction of sp³-hybridized carbons (Fsp3) is 0.333. The minimum absolute atomic E-state index is 0. The van der Waals surface area contributed by atoms with E-state index in [4.69, 9.17) is 0 Å². The summed E-state index contributed by atoms with van der Waals surface area (Å²) < 4.78 is 33.4. The van der Waals surface area contributed by atoms with Gasteiger partial charge in [0.25, 0.3) is 0 Å². The minimum Gasteiger partial charge on any atom is -0.748 e. The third kappa shape index (κ3) is 6.75. The summed E-state index contributed by atoms with van der Waals surface area (Å²) in [4.78, 5) is 1.67. The number of aliphatic hydroxyl groups excluding tert-OH is 2. The second-order valence-electron chi connectivity index (χ2n) is 5.72. The summed E-state index contributed by atoms with van der Waals surface area (Å²) in [6.07, 6.45) is 0. The Labute approximate surface area is 176 Å². The van der Waals surface area contributed by atoms with Gasteiger partial charge in [-0.25, -0.2) is 8.42 Å². The van der Waals surface area contributed by atoms with Crippen molar-refractivity contribution in [3.05, 3.63) is 71.8 Å². The van der Waals surface area contributed by atoms with Gasteiger partial charge in [0.15, 0.2) is 0 Å². The van der Waals surface area contributed by atoms with Crippen LogP contribution in [-0.4, -0.2) is 53.6 Å². The van der Waals surface area contributed by atoms with Crippen molar-refractivity contribution in [2.24, 2.45) is 0 Å². The van der Waals surface area contributed by atoms with Crippen molar-refractivity contribution < 1.29 is 52.7 Å². The molecule has 26 heavy (non-hydrogen) atoms. The Morgan fingerprint density at radius 2 is 1.23 bits per heavy atom. The first-order valence-electron chi connectivity index (χ1n) is 7.97. The number of benzene rings is 2. The summed E-state index contributed by atoms with van der Waals surface area (Å²) in [6, 6.07) is 17.1. The predicted molar refractivity (Wildman–Crippen MR) is 93.8 cm³/mol. The van der Waals surface area contributed by atoms with Gasteiger partial charge in [-0.3, -0.25) is 4.90 Å². The van der Waals surface area contributed by atoms with Crippen LogP contribution < -0.4 is 29.6 Å². The first-order valence-corrected chi connectivity index (χ1v) is 9.55. The number of rotatable bonds is 9. The molecule has 0 aromatic heterocycles. The molecule has 0 aliphatic heterocycles. The van der Waals surface area contributed by atoms with Crippen LogP contribution in [0.25, 0.3) is 0 Å². The molecule has 0 aliphatic carbocycles. The summed E-state index contributed by atoms with van der Waals surface area (Å²) in [6.45, 7) is -0.634. The standard InChI is InChI=1S/C18H23NO5S.Na/c20-13-17(15-7-3-1-4-8-15)19(11-12-25(22,23)24)18(14-21)16-9-5-2-6-10-16;/h1-10,17-18,20-21H,11-14H2,(H,22,23,24);/q;+1/p-1. The van der Waals surface area contributed by atoms with Crippen molar-refractivity contribution in [3.8, 4) is 0 Å². The van der Waals surface area contributed by atoms with E-state index >= 15 is 0 Å². The SMILES string of the molecule is O=S(=O)([O-])CCN(C(CO)c1ccccc1)C(CO)c1ccccc1.[Na+]. The molecule has 6 nitrogen and oxygen atoms in total. The Morgan fingerprint density at radius 1 is 0.846 bits per heavy atom. The normalized spacial score (nSPS) is 13.8. The number of aliphatic hydroxyl groups is 2. The fourth-order valence-corrected chi connectivity index (χ4v) is 3.33. The molecule has 2 atom stereocenters. The molecule has 0 saturated carbocycles. The first kappa shape index (κ1) is 23.3. The summed E-state index contributed by atoms with van der Waals surface area (Å²) in [5.41, 5.74) is 1.56. The Bertz CT molecular complexity index is 695. The van der Waals surface area contributed by atoms with Crippen LogP contribution in [0, 0.1) is 0 Å². The maximum Gasteiger partial charge on any atom is 1.00 e. The van der Waals surface area contributed by atoms with Gasteiger partial charge in [-0.2, -0.15) is 0 Å². The molecule has 0 aliphatic rings. The van der Waals surface area contributed by atoms with Crippen molar-refractivity contribution in [1.29, 1.82) is 0 Å². The fourth-order valence-electron chi connectivity index (χ4n) is 2.90. The van der Waals surface area contributed by atoms with E-state index in [-0.39, 0.29) is 49.3 Å². The zero-order valence-electron chi connectivity index (χ0n) is 14.7. The maximum absolute atomic E-state index is 11.1. The average molecular weight is 387 g/mol. The van der Waals surface area contributed by atoms with Crippen LogP contribution >= 0.6 is 0 Å². The van der Waals surface area contributed by atoms with E-state index in [1.165, 1.54) is 0 Å². The second-order valence-corrected chi connectivity index (χ2v) is 7.24. The van der Waals surface area contributed by atoms with Crippen LogP contribution in [0.5, 0.6) is 0 Å². The molecule has 0 fully saturated rings. The van der Waals surface area contributed by atoms with Crippen LogP contribution in [0.3, 0.4) is 0 Å². The molecule has 2 unspecified atom stereocenters. The second kappa shape index (κ2) is 11.2. The molecule has 0 bridgehead atoms. The van der Waals surface area contributed by atoms with Crippen LogP contribution in [0.1, 0.15) is 23.2 Å². The monoisotopic (exact) mass is 387 g/mol. The van der Waals surface area contributed by atoms with Gasteiger partial charge < -0.3 is 14.8 Å². The smallest absolute Gasteiger partial charge is 0.748 e. The summed E-state index contributed by atoms with van der Waals surface area (Å²) in [5.74, 6) is -0.598. The zero-order chi connectivity index (χ0) is 18.3. The quantitative estimate of drug-likeness (QED) is 0.393. The summed E-state index contributed by atoms with van der Waals surface area (Å²) in [5, 5.41) is 19.8. The molecule has 0 amide bonds. The van der Waals surface area contributed by atoms with E-state index < -0.39 is 28.0 Å². The van der Waals surface area contributed by atoms with Crippen LogP contribution in [0.15, 0.2) is 60.7 Å². The largest absolute Gasteiger partial charge is 1.00 e. The maximum atomic E-state index is 11.1. The molecule has 2 aromatic rings. The van der Waals surface area contributed by atoms with E-state index in [9.17, 15) is 23.2 Å². The summed E-state index contributed by atoms with van der Waals surface area (Å²) >= 11 is 0. The Morgan fingerprint density at radius 3 is 1.54 bits per heavy atom. The van der Waals surface area contributed by atoms with Gasteiger partial charge in [0.1, 0.15) is 0 Å². The topological polar surface area (TPSA) is 101 Å².